The first-order valence-electron chi connectivity index (χ1n) is 10.2. The number of pyridine rings is 1. The van der Waals surface area contributed by atoms with Crippen LogP contribution in [0.4, 0.5) is 0 Å². The molecule has 0 aliphatic carbocycles. The Bertz CT molecular complexity index is 1240. The topological polar surface area (TPSA) is 85.1 Å². The minimum absolute atomic E-state index is 0.0504. The molecular formula is C23H24ClN3O5. The smallest absolute Gasteiger partial charge is 0.290 e. The molecule has 8 nitrogen and oxygen atoms in total. The molecule has 1 atom stereocenters. The molecule has 1 aliphatic heterocycles. The monoisotopic (exact) mass is 457 g/mol. The number of hydrogen-bond acceptors (Lipinski definition) is 7. The van der Waals surface area contributed by atoms with E-state index in [0.29, 0.717) is 39.7 Å². The fraction of sp³-hybridized carbons (Fsp3) is 0.348. The van der Waals surface area contributed by atoms with Crippen molar-refractivity contribution in [3.8, 4) is 11.6 Å². The van der Waals surface area contributed by atoms with Gasteiger partial charge in [-0.15, -0.1) is 0 Å². The number of fused-ring (bicyclic) bond motifs is 2. The number of aromatic nitrogens is 1. The van der Waals surface area contributed by atoms with E-state index in [1.54, 1.807) is 35.4 Å². The van der Waals surface area contributed by atoms with Crippen LogP contribution < -0.4 is 14.9 Å². The number of benzene rings is 1. The Morgan fingerprint density at radius 2 is 1.97 bits per heavy atom. The summed E-state index contributed by atoms with van der Waals surface area (Å²) >= 11 is 6.12. The lowest BCUT2D eigenvalue weighted by Crippen LogP contribution is -2.32. The van der Waals surface area contributed by atoms with Crippen LogP contribution in [0.1, 0.15) is 34.1 Å². The van der Waals surface area contributed by atoms with Gasteiger partial charge in [-0.2, -0.15) is 0 Å². The Kier molecular flexibility index (Phi) is 6.08. The summed E-state index contributed by atoms with van der Waals surface area (Å²) in [6, 6.07) is 5.87. The van der Waals surface area contributed by atoms with Crippen molar-refractivity contribution >= 4 is 28.5 Å². The molecular weight excluding hydrogens is 434 g/mol. The highest BCUT2D eigenvalue weighted by molar-refractivity contribution is 6.31. The number of carbonyl (C=O) groups is 1. The maximum Gasteiger partial charge on any atom is 0.290 e. The van der Waals surface area contributed by atoms with Gasteiger partial charge in [0.2, 0.25) is 5.76 Å². The zero-order valence-corrected chi connectivity index (χ0v) is 19.1. The molecule has 2 aromatic heterocycles. The average molecular weight is 458 g/mol. The summed E-state index contributed by atoms with van der Waals surface area (Å²) in [6.07, 6.45) is 2.32. The normalized spacial score (nSPS) is 15.5. The first-order valence-corrected chi connectivity index (χ1v) is 10.5. The zero-order chi connectivity index (χ0) is 23.0. The van der Waals surface area contributed by atoms with Gasteiger partial charge in [0, 0.05) is 23.3 Å². The Balaban J connectivity index is 1.90. The van der Waals surface area contributed by atoms with Crippen molar-refractivity contribution in [1.29, 1.82) is 0 Å². The maximum absolute atomic E-state index is 13.5. The van der Waals surface area contributed by atoms with Gasteiger partial charge in [0.1, 0.15) is 5.58 Å². The standard InChI is InChI=1S/C23H24ClN3O5/c1-26(2)8-5-9-27-19(13-10-17(30-3)22(31-4)25-12-13)18-20(28)15-11-14(24)6-7-16(15)32-21(18)23(27)29/h6-7,10-12,19H,5,8-9H2,1-4H3. The minimum Gasteiger partial charge on any atom is -0.491 e. The minimum atomic E-state index is -0.661. The van der Waals surface area contributed by atoms with Gasteiger partial charge < -0.3 is 23.7 Å². The summed E-state index contributed by atoms with van der Waals surface area (Å²) in [6.45, 7) is 1.23. The van der Waals surface area contributed by atoms with E-state index in [0.717, 1.165) is 13.0 Å². The third-order valence-electron chi connectivity index (χ3n) is 5.50. The van der Waals surface area contributed by atoms with E-state index >= 15 is 0 Å². The second kappa shape index (κ2) is 8.80. The van der Waals surface area contributed by atoms with Crippen LogP contribution in [0.2, 0.25) is 5.02 Å². The Morgan fingerprint density at radius 1 is 1.19 bits per heavy atom. The molecule has 1 unspecified atom stereocenters. The van der Waals surface area contributed by atoms with Gasteiger partial charge >= 0.3 is 0 Å². The van der Waals surface area contributed by atoms with Crippen LogP contribution in [-0.2, 0) is 0 Å². The number of ether oxygens (including phenoxy) is 2. The van der Waals surface area contributed by atoms with Crippen molar-refractivity contribution in [1.82, 2.24) is 14.8 Å². The predicted octanol–water partition coefficient (Wildman–Crippen LogP) is 3.36. The summed E-state index contributed by atoms with van der Waals surface area (Å²) in [4.78, 5) is 34.9. The van der Waals surface area contributed by atoms with Gasteiger partial charge in [0.25, 0.3) is 11.8 Å². The fourth-order valence-corrected chi connectivity index (χ4v) is 4.20. The second-order valence-electron chi connectivity index (χ2n) is 7.85. The van der Waals surface area contributed by atoms with Crippen molar-refractivity contribution in [3.63, 3.8) is 0 Å². The second-order valence-corrected chi connectivity index (χ2v) is 8.29. The lowest BCUT2D eigenvalue weighted by Gasteiger charge is -2.26. The molecule has 0 saturated carbocycles. The molecule has 0 spiro atoms. The van der Waals surface area contributed by atoms with E-state index in [2.05, 4.69) is 4.98 Å². The van der Waals surface area contributed by atoms with Crippen molar-refractivity contribution in [2.24, 2.45) is 0 Å². The number of halogens is 1. The maximum atomic E-state index is 13.5. The van der Waals surface area contributed by atoms with Crippen molar-refractivity contribution in [2.75, 3.05) is 41.4 Å². The summed E-state index contributed by atoms with van der Waals surface area (Å²) in [5.41, 5.74) is 0.953. The van der Waals surface area contributed by atoms with E-state index in [-0.39, 0.29) is 22.7 Å². The van der Waals surface area contributed by atoms with E-state index < -0.39 is 6.04 Å². The quantitative estimate of drug-likeness (QED) is 0.537. The third kappa shape index (κ3) is 3.80. The van der Waals surface area contributed by atoms with E-state index in [1.165, 1.54) is 14.2 Å². The zero-order valence-electron chi connectivity index (χ0n) is 18.3. The van der Waals surface area contributed by atoms with Crippen LogP contribution in [0.25, 0.3) is 11.0 Å². The van der Waals surface area contributed by atoms with E-state index in [9.17, 15) is 9.59 Å². The molecule has 168 valence electrons. The number of carbonyl (C=O) groups excluding carboxylic acids is 1. The molecule has 1 aromatic carbocycles. The van der Waals surface area contributed by atoms with Crippen molar-refractivity contribution < 1.29 is 18.7 Å². The lowest BCUT2D eigenvalue weighted by atomic mass is 9.99. The highest BCUT2D eigenvalue weighted by atomic mass is 35.5. The molecule has 0 radical (unpaired) electrons. The van der Waals surface area contributed by atoms with Crippen LogP contribution in [0.3, 0.4) is 0 Å². The SMILES string of the molecule is COc1cc(C2c3c(oc4ccc(Cl)cc4c3=O)C(=O)N2CCCN(C)C)cnc1OC. The van der Waals surface area contributed by atoms with Gasteiger partial charge in [-0.1, -0.05) is 11.6 Å². The molecule has 0 bridgehead atoms. The van der Waals surface area contributed by atoms with Crippen molar-refractivity contribution in [3.05, 3.63) is 62.6 Å². The number of nitrogens with zero attached hydrogens (tertiary/aromatic N) is 3. The number of rotatable bonds is 7. The Hall–Kier alpha value is -3.10. The fourth-order valence-electron chi connectivity index (χ4n) is 4.02. The highest BCUT2D eigenvalue weighted by Crippen LogP contribution is 2.40. The third-order valence-corrected chi connectivity index (χ3v) is 5.74. The molecule has 0 fully saturated rings. The number of hydrogen-bond donors (Lipinski definition) is 0. The van der Waals surface area contributed by atoms with Crippen LogP contribution in [0.5, 0.6) is 11.6 Å². The number of methoxy groups -OCH3 is 2. The van der Waals surface area contributed by atoms with Gasteiger partial charge in [-0.05, 0) is 51.3 Å². The van der Waals surface area contributed by atoms with E-state index in [4.69, 9.17) is 25.5 Å². The lowest BCUT2D eigenvalue weighted by molar-refractivity contribution is 0.0722. The van der Waals surface area contributed by atoms with Gasteiger partial charge in [-0.25, -0.2) is 4.98 Å². The molecule has 3 heterocycles. The molecule has 9 heteroatoms. The Labute approximate surface area is 190 Å². The van der Waals surface area contributed by atoms with Crippen LogP contribution >= 0.6 is 11.6 Å². The van der Waals surface area contributed by atoms with Crippen LogP contribution in [-0.4, -0.2) is 62.1 Å². The average Bonchev–Trinajstić information content (AvgIpc) is 3.05. The molecule has 0 saturated heterocycles. The predicted molar refractivity (Wildman–Crippen MR) is 121 cm³/mol. The summed E-state index contributed by atoms with van der Waals surface area (Å²) in [5, 5.41) is 0.749. The Morgan fingerprint density at radius 3 is 2.66 bits per heavy atom. The first-order chi connectivity index (χ1) is 15.3. The highest BCUT2D eigenvalue weighted by Gasteiger charge is 2.43. The molecule has 4 rings (SSSR count). The van der Waals surface area contributed by atoms with Crippen molar-refractivity contribution in [2.45, 2.75) is 12.5 Å². The number of amides is 1. The summed E-state index contributed by atoms with van der Waals surface area (Å²) in [7, 11) is 6.95. The van der Waals surface area contributed by atoms with E-state index in [1.807, 2.05) is 19.0 Å². The van der Waals surface area contributed by atoms with Crippen LogP contribution in [0.15, 0.2) is 39.7 Å². The molecule has 3 aromatic rings. The van der Waals surface area contributed by atoms with Crippen LogP contribution in [0, 0.1) is 0 Å². The summed E-state index contributed by atoms with van der Waals surface area (Å²) in [5.74, 6) is 0.451. The largest absolute Gasteiger partial charge is 0.491 e. The van der Waals surface area contributed by atoms with Gasteiger partial charge in [0.05, 0.1) is 31.2 Å². The van der Waals surface area contributed by atoms with Gasteiger partial charge in [-0.3, -0.25) is 9.59 Å². The molecule has 32 heavy (non-hydrogen) atoms. The molecule has 1 aliphatic rings. The molecule has 1 amide bonds. The first kappa shape index (κ1) is 22.1. The summed E-state index contributed by atoms with van der Waals surface area (Å²) < 4.78 is 16.6. The molecule has 0 N–H and O–H groups in total. The van der Waals surface area contributed by atoms with Gasteiger partial charge in [0.15, 0.2) is 11.2 Å².